The minimum atomic E-state index is -1.05. The molecule has 0 aliphatic carbocycles. The van der Waals surface area contributed by atoms with Crippen LogP contribution < -0.4 is 16.4 Å². The van der Waals surface area contributed by atoms with Gasteiger partial charge in [-0.2, -0.15) is 0 Å². The second-order valence-corrected chi connectivity index (χ2v) is 8.36. The SMILES string of the molecule is CN1C2CCC1c1c(sc(NC(O)Nc3ccc(Cl)cc3)c1C(N)=O)C2. The van der Waals surface area contributed by atoms with Crippen LogP contribution in [0.2, 0.25) is 5.02 Å². The Morgan fingerprint density at radius 1 is 1.35 bits per heavy atom. The van der Waals surface area contributed by atoms with Crippen molar-refractivity contribution in [1.82, 2.24) is 4.90 Å². The van der Waals surface area contributed by atoms with Crippen molar-refractivity contribution in [2.75, 3.05) is 17.7 Å². The highest BCUT2D eigenvalue weighted by atomic mass is 35.5. The van der Waals surface area contributed by atoms with Gasteiger partial charge in [-0.05, 0) is 56.1 Å². The van der Waals surface area contributed by atoms with Gasteiger partial charge in [-0.1, -0.05) is 11.6 Å². The maximum absolute atomic E-state index is 12.2. The summed E-state index contributed by atoms with van der Waals surface area (Å²) >= 11 is 7.40. The van der Waals surface area contributed by atoms with E-state index in [1.807, 2.05) is 0 Å². The van der Waals surface area contributed by atoms with Crippen LogP contribution in [0.15, 0.2) is 24.3 Å². The van der Waals surface area contributed by atoms with E-state index in [1.165, 1.54) is 16.2 Å². The lowest BCUT2D eigenvalue weighted by Gasteiger charge is -2.31. The summed E-state index contributed by atoms with van der Waals surface area (Å²) in [6.45, 7) is 0. The largest absolute Gasteiger partial charge is 0.365 e. The number of primary amides is 1. The van der Waals surface area contributed by atoms with E-state index in [0.29, 0.717) is 21.6 Å². The fraction of sp³-hybridized carbons (Fsp3) is 0.389. The molecule has 2 aliphatic rings. The van der Waals surface area contributed by atoms with Crippen molar-refractivity contribution in [3.63, 3.8) is 0 Å². The predicted octanol–water partition coefficient (Wildman–Crippen LogP) is 2.99. The molecule has 3 unspecified atom stereocenters. The van der Waals surface area contributed by atoms with Gasteiger partial charge in [0.05, 0.1) is 5.56 Å². The summed E-state index contributed by atoms with van der Waals surface area (Å²) in [6.07, 6.45) is 2.06. The number of carbonyl (C=O) groups excluding carboxylic acids is 1. The van der Waals surface area contributed by atoms with E-state index >= 15 is 0 Å². The number of rotatable bonds is 5. The van der Waals surface area contributed by atoms with Crippen LogP contribution in [0.3, 0.4) is 0 Å². The third-order valence-electron chi connectivity index (χ3n) is 5.28. The maximum Gasteiger partial charge on any atom is 0.252 e. The van der Waals surface area contributed by atoms with Crippen molar-refractivity contribution >= 4 is 39.5 Å². The Hall–Kier alpha value is -1.80. The lowest BCUT2D eigenvalue weighted by Crippen LogP contribution is -2.34. The Morgan fingerprint density at radius 3 is 2.77 bits per heavy atom. The Kier molecular flexibility index (Phi) is 4.56. The molecule has 5 N–H and O–H groups in total. The first kappa shape index (κ1) is 17.6. The summed E-state index contributed by atoms with van der Waals surface area (Å²) in [5.74, 6) is -0.456. The number of anilines is 2. The van der Waals surface area contributed by atoms with Gasteiger partial charge in [0, 0.05) is 27.7 Å². The Bertz CT molecular complexity index is 838. The Morgan fingerprint density at radius 2 is 2.08 bits per heavy atom. The summed E-state index contributed by atoms with van der Waals surface area (Å²) in [7, 11) is 2.11. The van der Waals surface area contributed by atoms with Crippen molar-refractivity contribution < 1.29 is 9.90 Å². The number of halogens is 1. The minimum Gasteiger partial charge on any atom is -0.365 e. The molecule has 1 amide bonds. The number of hydrogen-bond donors (Lipinski definition) is 4. The number of nitrogens with two attached hydrogens (primary N) is 1. The van der Waals surface area contributed by atoms with E-state index in [4.69, 9.17) is 17.3 Å². The molecule has 0 spiro atoms. The van der Waals surface area contributed by atoms with E-state index in [9.17, 15) is 9.90 Å². The van der Waals surface area contributed by atoms with Crippen LogP contribution in [0, 0.1) is 0 Å². The van der Waals surface area contributed by atoms with Crippen LogP contribution in [-0.4, -0.2) is 35.4 Å². The molecule has 3 heterocycles. The molecular weight excluding hydrogens is 372 g/mol. The van der Waals surface area contributed by atoms with Gasteiger partial charge < -0.3 is 21.5 Å². The van der Waals surface area contributed by atoms with E-state index < -0.39 is 12.3 Å². The predicted molar refractivity (Wildman–Crippen MR) is 105 cm³/mol. The maximum atomic E-state index is 12.2. The third kappa shape index (κ3) is 3.05. The zero-order valence-electron chi connectivity index (χ0n) is 14.3. The van der Waals surface area contributed by atoms with Gasteiger partial charge in [0.15, 0.2) is 0 Å². The number of nitrogens with zero attached hydrogens (tertiary/aromatic N) is 1. The lowest BCUT2D eigenvalue weighted by molar-refractivity contribution is 0.0997. The van der Waals surface area contributed by atoms with Crippen LogP contribution >= 0.6 is 22.9 Å². The molecular formula is C18H21ClN4O2S. The number of aliphatic hydroxyl groups is 1. The van der Waals surface area contributed by atoms with E-state index in [1.54, 1.807) is 24.3 Å². The molecule has 0 saturated carbocycles. The molecule has 6 nitrogen and oxygen atoms in total. The fourth-order valence-corrected chi connectivity index (χ4v) is 5.50. The van der Waals surface area contributed by atoms with Gasteiger partial charge in [-0.25, -0.2) is 0 Å². The topological polar surface area (TPSA) is 90.6 Å². The average molecular weight is 393 g/mol. The molecule has 1 saturated heterocycles. The van der Waals surface area contributed by atoms with Crippen molar-refractivity contribution in [2.24, 2.45) is 5.73 Å². The number of hydrogen-bond acceptors (Lipinski definition) is 6. The monoisotopic (exact) mass is 392 g/mol. The summed E-state index contributed by atoms with van der Waals surface area (Å²) in [4.78, 5) is 15.7. The molecule has 3 atom stereocenters. The summed E-state index contributed by atoms with van der Waals surface area (Å²) in [6, 6.07) is 7.78. The average Bonchev–Trinajstić information content (AvgIpc) is 3.05. The quantitative estimate of drug-likeness (QED) is 0.587. The van der Waals surface area contributed by atoms with Crippen LogP contribution in [0.25, 0.3) is 0 Å². The van der Waals surface area contributed by atoms with Crippen molar-refractivity contribution in [2.45, 2.75) is 37.7 Å². The first-order valence-electron chi connectivity index (χ1n) is 8.58. The number of carbonyl (C=O) groups is 1. The summed E-state index contributed by atoms with van der Waals surface area (Å²) in [5, 5.41) is 17.5. The molecule has 1 aromatic carbocycles. The van der Waals surface area contributed by atoms with E-state index in [-0.39, 0.29) is 6.04 Å². The number of nitrogens with one attached hydrogen (secondary N) is 2. The summed E-state index contributed by atoms with van der Waals surface area (Å²) in [5.41, 5.74) is 7.97. The number of benzene rings is 1. The van der Waals surface area contributed by atoms with Crippen LogP contribution in [0.5, 0.6) is 0 Å². The van der Waals surface area contributed by atoms with Gasteiger partial charge >= 0.3 is 0 Å². The number of amides is 1. The second kappa shape index (κ2) is 6.74. The zero-order chi connectivity index (χ0) is 18.4. The number of aliphatic hydroxyl groups excluding tert-OH is 1. The number of fused-ring (bicyclic) bond motifs is 4. The Labute approximate surface area is 160 Å². The Balaban J connectivity index is 1.59. The number of likely N-dealkylation sites (N-methyl/N-ethyl adjacent to an activating group) is 1. The first-order valence-corrected chi connectivity index (χ1v) is 9.77. The molecule has 1 fully saturated rings. The molecule has 1 aromatic heterocycles. The van der Waals surface area contributed by atoms with Gasteiger partial charge in [-0.3, -0.25) is 9.69 Å². The highest BCUT2D eigenvalue weighted by Crippen LogP contribution is 2.49. The zero-order valence-corrected chi connectivity index (χ0v) is 15.9. The van der Waals surface area contributed by atoms with Gasteiger partial charge in [0.25, 0.3) is 5.91 Å². The van der Waals surface area contributed by atoms with Crippen LogP contribution in [0.1, 0.15) is 39.7 Å². The molecule has 2 aromatic rings. The van der Waals surface area contributed by atoms with Crippen LogP contribution in [0.4, 0.5) is 10.7 Å². The molecule has 26 heavy (non-hydrogen) atoms. The second-order valence-electron chi connectivity index (χ2n) is 6.82. The van der Waals surface area contributed by atoms with Gasteiger partial charge in [-0.15, -0.1) is 11.3 Å². The lowest BCUT2D eigenvalue weighted by atomic mass is 9.97. The molecule has 8 heteroatoms. The molecule has 2 bridgehead atoms. The highest BCUT2D eigenvalue weighted by molar-refractivity contribution is 7.16. The van der Waals surface area contributed by atoms with Crippen LogP contribution in [-0.2, 0) is 6.42 Å². The summed E-state index contributed by atoms with van der Waals surface area (Å²) < 4.78 is 0. The molecule has 4 rings (SSSR count). The molecule has 0 radical (unpaired) electrons. The van der Waals surface area contributed by atoms with Crippen molar-refractivity contribution in [1.29, 1.82) is 0 Å². The smallest absolute Gasteiger partial charge is 0.252 e. The minimum absolute atomic E-state index is 0.236. The normalized spacial score (nSPS) is 22.7. The first-order chi connectivity index (χ1) is 12.4. The third-order valence-corrected chi connectivity index (χ3v) is 6.69. The van der Waals surface area contributed by atoms with Crippen molar-refractivity contribution in [3.05, 3.63) is 45.3 Å². The highest BCUT2D eigenvalue weighted by Gasteiger charge is 2.42. The van der Waals surface area contributed by atoms with Crippen molar-refractivity contribution in [3.8, 4) is 0 Å². The van der Waals surface area contributed by atoms with Gasteiger partial charge in [0.1, 0.15) is 5.00 Å². The molecule has 138 valence electrons. The number of thiophene rings is 1. The van der Waals surface area contributed by atoms with E-state index in [0.717, 1.165) is 30.5 Å². The van der Waals surface area contributed by atoms with Gasteiger partial charge in [0.2, 0.25) is 6.35 Å². The fourth-order valence-electron chi connectivity index (χ4n) is 4.03. The molecule has 2 aliphatic heterocycles. The standard InChI is InChI=1S/C18H21ClN4O2S/c1-23-11-6-7-12(23)14-13(8-11)26-17(15(14)16(20)24)22-18(25)21-10-4-2-9(19)3-5-10/h2-5,11-12,18,21-22,25H,6-8H2,1H3,(H2,20,24). The van der Waals surface area contributed by atoms with E-state index in [2.05, 4.69) is 22.6 Å².